The van der Waals surface area contributed by atoms with Crippen molar-refractivity contribution in [2.45, 2.75) is 37.3 Å². The monoisotopic (exact) mass is 452 g/mol. The molecule has 31 heavy (non-hydrogen) atoms. The number of rotatable bonds is 5. The average molecular weight is 452 g/mol. The van der Waals surface area contributed by atoms with Crippen LogP contribution < -0.4 is 5.32 Å². The van der Waals surface area contributed by atoms with E-state index in [-0.39, 0.29) is 16.1 Å². The Labute approximate surface area is 179 Å². The number of allylic oxidation sites excluding steroid dienone is 1. The summed E-state index contributed by atoms with van der Waals surface area (Å²) in [5.41, 5.74) is -0.537. The van der Waals surface area contributed by atoms with Gasteiger partial charge in [0.1, 0.15) is 0 Å². The van der Waals surface area contributed by atoms with Gasteiger partial charge in [0.15, 0.2) is 0 Å². The van der Waals surface area contributed by atoms with Crippen molar-refractivity contribution in [3.8, 4) is 0 Å². The van der Waals surface area contributed by atoms with Gasteiger partial charge < -0.3 is 5.32 Å². The molecule has 9 heteroatoms. The number of hydrogen-bond acceptors (Lipinski definition) is 3. The van der Waals surface area contributed by atoms with Gasteiger partial charge in [-0.25, -0.2) is 8.42 Å². The van der Waals surface area contributed by atoms with E-state index < -0.39 is 27.7 Å². The van der Waals surface area contributed by atoms with Gasteiger partial charge in [-0.15, -0.1) is 0 Å². The Morgan fingerprint density at radius 1 is 1.03 bits per heavy atom. The number of amides is 1. The van der Waals surface area contributed by atoms with E-state index in [0.29, 0.717) is 24.7 Å². The third-order valence-electron chi connectivity index (χ3n) is 5.09. The molecule has 1 aliphatic heterocycles. The van der Waals surface area contributed by atoms with Crippen LogP contribution in [0, 0.1) is 6.92 Å². The zero-order valence-corrected chi connectivity index (χ0v) is 17.8. The van der Waals surface area contributed by atoms with Gasteiger partial charge in [-0.3, -0.25) is 4.79 Å². The summed E-state index contributed by atoms with van der Waals surface area (Å²) in [6.45, 7) is 2.48. The van der Waals surface area contributed by atoms with Crippen molar-refractivity contribution in [1.82, 2.24) is 4.31 Å². The minimum absolute atomic E-state index is 0.00150. The van der Waals surface area contributed by atoms with E-state index in [2.05, 4.69) is 5.32 Å². The van der Waals surface area contributed by atoms with E-state index in [1.54, 1.807) is 13.0 Å². The molecule has 1 amide bonds. The molecular weight excluding hydrogens is 429 g/mol. The van der Waals surface area contributed by atoms with Crippen molar-refractivity contribution in [3.63, 3.8) is 0 Å². The highest BCUT2D eigenvalue weighted by molar-refractivity contribution is 7.89. The average Bonchev–Trinajstić information content (AvgIpc) is 2.74. The summed E-state index contributed by atoms with van der Waals surface area (Å²) in [7, 11) is -3.74. The molecule has 0 radical (unpaired) electrons. The molecule has 0 aromatic heterocycles. The second kappa shape index (κ2) is 9.23. The highest BCUT2D eigenvalue weighted by Gasteiger charge is 2.35. The number of carbonyl (C=O) groups excluding carboxylic acids is 1. The number of aryl methyl sites for hydroxylation is 1. The van der Waals surface area contributed by atoms with Crippen LogP contribution in [0.3, 0.4) is 0 Å². The zero-order chi connectivity index (χ0) is 22.6. The van der Waals surface area contributed by atoms with Gasteiger partial charge in [-0.2, -0.15) is 17.5 Å². The normalized spacial score (nSPS) is 16.2. The van der Waals surface area contributed by atoms with Gasteiger partial charge in [0, 0.05) is 24.9 Å². The Bertz CT molecular complexity index is 1070. The van der Waals surface area contributed by atoms with Gasteiger partial charge in [0.05, 0.1) is 10.5 Å². The maximum Gasteiger partial charge on any atom is 0.417 e. The SMILES string of the molecule is Cc1ccc(S(=O)(=O)N2CCCCC2)cc1NC(=O)/C=C(/c1ccccc1)C(F)(F)F. The summed E-state index contributed by atoms with van der Waals surface area (Å²) < 4.78 is 67.6. The summed E-state index contributed by atoms with van der Waals surface area (Å²) >= 11 is 0. The number of halogens is 3. The van der Waals surface area contributed by atoms with Crippen LogP contribution in [0.4, 0.5) is 18.9 Å². The predicted octanol–water partition coefficient (Wildman–Crippen LogP) is 4.75. The van der Waals surface area contributed by atoms with Crippen molar-refractivity contribution < 1.29 is 26.4 Å². The number of hydrogen-bond donors (Lipinski definition) is 1. The second-order valence-corrected chi connectivity index (χ2v) is 9.29. The molecule has 0 bridgehead atoms. The molecule has 2 aromatic rings. The van der Waals surface area contributed by atoms with Crippen molar-refractivity contribution in [2.24, 2.45) is 0 Å². The number of benzene rings is 2. The van der Waals surface area contributed by atoms with Crippen LogP contribution in [0.1, 0.15) is 30.4 Å². The molecule has 1 aliphatic rings. The van der Waals surface area contributed by atoms with Gasteiger partial charge in [0.2, 0.25) is 15.9 Å². The first-order valence-corrected chi connectivity index (χ1v) is 11.3. The minimum Gasteiger partial charge on any atom is -0.322 e. The molecule has 1 fully saturated rings. The molecule has 166 valence electrons. The van der Waals surface area contributed by atoms with Crippen LogP contribution in [0.15, 0.2) is 59.5 Å². The molecule has 0 saturated carbocycles. The van der Waals surface area contributed by atoms with Gasteiger partial charge >= 0.3 is 6.18 Å². The van der Waals surface area contributed by atoms with Crippen molar-refractivity contribution >= 4 is 27.2 Å². The topological polar surface area (TPSA) is 66.5 Å². The molecule has 1 heterocycles. The van der Waals surface area contributed by atoms with Gasteiger partial charge in [0.25, 0.3) is 0 Å². The van der Waals surface area contributed by atoms with Gasteiger partial charge in [-0.05, 0) is 43.0 Å². The number of anilines is 1. The lowest BCUT2D eigenvalue weighted by Gasteiger charge is -2.26. The lowest BCUT2D eigenvalue weighted by molar-refractivity contribution is -0.112. The Kier molecular flexibility index (Phi) is 6.86. The fourth-order valence-electron chi connectivity index (χ4n) is 3.40. The summed E-state index contributed by atoms with van der Waals surface area (Å²) in [5.74, 6) is -0.994. The lowest BCUT2D eigenvalue weighted by Crippen LogP contribution is -2.35. The molecule has 0 atom stereocenters. The quantitative estimate of drug-likeness (QED) is 0.666. The third kappa shape index (κ3) is 5.54. The van der Waals surface area contributed by atoms with E-state index in [9.17, 15) is 26.4 Å². The Morgan fingerprint density at radius 2 is 1.68 bits per heavy atom. The fourth-order valence-corrected chi connectivity index (χ4v) is 4.94. The summed E-state index contributed by atoms with van der Waals surface area (Å²) in [6, 6.07) is 11.3. The minimum atomic E-state index is -4.73. The second-order valence-electron chi connectivity index (χ2n) is 7.35. The first kappa shape index (κ1) is 23.0. The number of piperidine rings is 1. The van der Waals surface area contributed by atoms with Crippen LogP contribution >= 0.6 is 0 Å². The standard InChI is InChI=1S/C22H23F3N2O3S/c1-16-10-11-18(31(29,30)27-12-6-3-7-13-27)14-20(16)26-21(28)15-19(22(23,24)25)17-8-4-2-5-9-17/h2,4-5,8-11,14-15H,3,6-7,12-13H2,1H3,(H,26,28)/b19-15-. The Balaban J connectivity index is 1.89. The highest BCUT2D eigenvalue weighted by atomic mass is 32.2. The molecule has 2 aromatic carbocycles. The first-order chi connectivity index (χ1) is 14.6. The number of alkyl halides is 3. The van der Waals surface area contributed by atoms with Crippen LogP contribution in [0.2, 0.25) is 0 Å². The predicted molar refractivity (Wildman–Crippen MR) is 113 cm³/mol. The molecule has 5 nitrogen and oxygen atoms in total. The summed E-state index contributed by atoms with van der Waals surface area (Å²) in [5, 5.41) is 2.40. The Morgan fingerprint density at radius 3 is 2.29 bits per heavy atom. The van der Waals surface area contributed by atoms with Crippen molar-refractivity contribution in [3.05, 3.63) is 65.7 Å². The molecule has 3 rings (SSSR count). The van der Waals surface area contributed by atoms with Crippen LogP contribution in [0.5, 0.6) is 0 Å². The van der Waals surface area contributed by atoms with E-state index in [1.807, 2.05) is 0 Å². The summed E-state index contributed by atoms with van der Waals surface area (Å²) in [4.78, 5) is 12.4. The number of nitrogens with one attached hydrogen (secondary N) is 1. The zero-order valence-electron chi connectivity index (χ0n) is 16.9. The molecular formula is C22H23F3N2O3S. The van der Waals surface area contributed by atoms with Crippen LogP contribution in [-0.2, 0) is 14.8 Å². The fraction of sp³-hybridized carbons (Fsp3) is 0.318. The first-order valence-electron chi connectivity index (χ1n) is 9.85. The number of sulfonamides is 1. The van der Waals surface area contributed by atoms with Crippen molar-refractivity contribution in [2.75, 3.05) is 18.4 Å². The molecule has 0 aliphatic carbocycles. The van der Waals surface area contributed by atoms with Crippen molar-refractivity contribution in [1.29, 1.82) is 0 Å². The van der Waals surface area contributed by atoms with Gasteiger partial charge in [-0.1, -0.05) is 42.8 Å². The third-order valence-corrected chi connectivity index (χ3v) is 6.98. The molecule has 1 N–H and O–H groups in total. The largest absolute Gasteiger partial charge is 0.417 e. The summed E-state index contributed by atoms with van der Waals surface area (Å²) in [6.07, 6.45) is -1.72. The molecule has 0 spiro atoms. The smallest absolute Gasteiger partial charge is 0.322 e. The van der Waals surface area contributed by atoms with Crippen LogP contribution in [0.25, 0.3) is 5.57 Å². The maximum absolute atomic E-state index is 13.5. The lowest BCUT2D eigenvalue weighted by atomic mass is 10.0. The number of carbonyl (C=O) groups is 1. The van der Waals surface area contributed by atoms with Crippen LogP contribution in [-0.4, -0.2) is 37.9 Å². The van der Waals surface area contributed by atoms with E-state index >= 15 is 0 Å². The maximum atomic E-state index is 13.5. The van der Waals surface area contributed by atoms with E-state index in [4.69, 9.17) is 0 Å². The molecule has 0 unspecified atom stereocenters. The Hall–Kier alpha value is -2.65. The highest BCUT2D eigenvalue weighted by Crippen LogP contribution is 2.34. The molecule has 1 saturated heterocycles. The van der Waals surface area contributed by atoms with E-state index in [1.165, 1.54) is 46.8 Å². The number of nitrogens with zero attached hydrogens (tertiary/aromatic N) is 1. The van der Waals surface area contributed by atoms with E-state index in [0.717, 1.165) is 19.3 Å².